The number of hydrogen-bond donors (Lipinski definition) is 1. The van der Waals surface area contributed by atoms with Crippen LogP contribution < -0.4 is 5.46 Å². The van der Waals surface area contributed by atoms with E-state index in [1.54, 1.807) is 0 Å². The van der Waals surface area contributed by atoms with E-state index in [0.29, 0.717) is 31.1 Å². The van der Waals surface area contributed by atoms with Gasteiger partial charge < -0.3 is 24.1 Å². The lowest BCUT2D eigenvalue weighted by molar-refractivity contribution is -0.0210. The van der Waals surface area contributed by atoms with E-state index in [4.69, 9.17) is 25.6 Å². The van der Waals surface area contributed by atoms with Gasteiger partial charge >= 0.3 is 13.2 Å². The molecular formula is C19H27BClNO5. The van der Waals surface area contributed by atoms with Gasteiger partial charge in [0.25, 0.3) is 0 Å². The van der Waals surface area contributed by atoms with Crippen LogP contribution in [0.5, 0.6) is 0 Å². The summed E-state index contributed by atoms with van der Waals surface area (Å²) in [6.45, 7) is 11.2. The molecule has 1 atom stereocenters. The minimum Gasteiger partial charge on any atom is -0.465 e. The predicted octanol–water partition coefficient (Wildman–Crippen LogP) is 2.87. The Morgan fingerprint density at radius 2 is 1.93 bits per heavy atom. The van der Waals surface area contributed by atoms with Gasteiger partial charge in [-0.15, -0.1) is 0 Å². The van der Waals surface area contributed by atoms with Crippen molar-refractivity contribution >= 4 is 30.3 Å². The maximum absolute atomic E-state index is 11.3. The van der Waals surface area contributed by atoms with Crippen LogP contribution in [-0.4, -0.2) is 60.2 Å². The van der Waals surface area contributed by atoms with E-state index >= 15 is 0 Å². The van der Waals surface area contributed by atoms with Crippen LogP contribution in [0.2, 0.25) is 5.02 Å². The third kappa shape index (κ3) is 4.11. The summed E-state index contributed by atoms with van der Waals surface area (Å²) in [4.78, 5) is 12.7. The number of hydrogen-bond acceptors (Lipinski definition) is 4. The Bertz CT molecular complexity index is 723. The minimum atomic E-state index is -0.915. The summed E-state index contributed by atoms with van der Waals surface area (Å²) in [7, 11) is -0.526. The summed E-state index contributed by atoms with van der Waals surface area (Å²) in [6.07, 6.45) is -0.551. The van der Waals surface area contributed by atoms with Crippen molar-refractivity contribution in [3.63, 3.8) is 0 Å². The molecule has 6 nitrogen and oxygen atoms in total. The molecule has 27 heavy (non-hydrogen) atoms. The van der Waals surface area contributed by atoms with Crippen molar-refractivity contribution in [3.05, 3.63) is 28.3 Å². The van der Waals surface area contributed by atoms with E-state index in [0.717, 1.165) is 16.6 Å². The number of halogens is 1. The Kier molecular flexibility index (Phi) is 5.52. The SMILES string of the molecule is Cc1cc(Cl)cc(B2OC(C)(C)C(C)(C)O2)c1CC1CN(C(=O)O)CCO1. The lowest BCUT2D eigenvalue weighted by atomic mass is 9.73. The molecule has 1 amide bonds. The third-order valence-corrected chi connectivity index (χ3v) is 6.04. The van der Waals surface area contributed by atoms with Crippen LogP contribution >= 0.6 is 11.6 Å². The van der Waals surface area contributed by atoms with E-state index in [-0.39, 0.29) is 6.10 Å². The highest BCUT2D eigenvalue weighted by Crippen LogP contribution is 2.37. The van der Waals surface area contributed by atoms with Gasteiger partial charge in [-0.3, -0.25) is 0 Å². The lowest BCUT2D eigenvalue weighted by Gasteiger charge is -2.32. The van der Waals surface area contributed by atoms with Crippen molar-refractivity contribution in [2.75, 3.05) is 19.7 Å². The van der Waals surface area contributed by atoms with Crippen LogP contribution in [0.3, 0.4) is 0 Å². The Hall–Kier alpha value is -1.28. The van der Waals surface area contributed by atoms with Gasteiger partial charge in [0.2, 0.25) is 0 Å². The molecule has 1 aromatic rings. The lowest BCUT2D eigenvalue weighted by Crippen LogP contribution is -2.47. The Morgan fingerprint density at radius 1 is 1.30 bits per heavy atom. The van der Waals surface area contributed by atoms with Crippen LogP contribution in [0.25, 0.3) is 0 Å². The molecule has 0 spiro atoms. The monoisotopic (exact) mass is 395 g/mol. The van der Waals surface area contributed by atoms with Crippen molar-refractivity contribution < 1.29 is 23.9 Å². The smallest absolute Gasteiger partial charge is 0.465 e. The van der Waals surface area contributed by atoms with Gasteiger partial charge in [0.1, 0.15) is 0 Å². The first kappa shape index (κ1) is 20.5. The summed E-state index contributed by atoms with van der Waals surface area (Å²) in [6, 6.07) is 3.78. The van der Waals surface area contributed by atoms with E-state index in [9.17, 15) is 9.90 Å². The quantitative estimate of drug-likeness (QED) is 0.797. The molecule has 2 fully saturated rings. The number of carboxylic acid groups (broad SMARTS) is 1. The molecule has 0 bridgehead atoms. The summed E-state index contributed by atoms with van der Waals surface area (Å²) in [5.74, 6) is 0. The standard InChI is InChI=1S/C19H27BClNO5/c1-12-8-13(21)9-16(20-26-18(2,3)19(4,5)27-20)15(12)10-14-11-22(17(23)24)6-7-25-14/h8-9,14H,6-7,10-11H2,1-5H3,(H,23,24). The maximum atomic E-state index is 11.3. The maximum Gasteiger partial charge on any atom is 0.495 e. The number of nitrogens with zero attached hydrogens (tertiary/aromatic N) is 1. The highest BCUT2D eigenvalue weighted by molar-refractivity contribution is 6.63. The number of carbonyl (C=O) groups is 1. The number of rotatable bonds is 3. The number of benzene rings is 1. The fourth-order valence-corrected chi connectivity index (χ4v) is 3.78. The highest BCUT2D eigenvalue weighted by atomic mass is 35.5. The van der Waals surface area contributed by atoms with E-state index in [1.807, 2.05) is 46.8 Å². The van der Waals surface area contributed by atoms with Crippen LogP contribution in [0.15, 0.2) is 12.1 Å². The second-order valence-corrected chi connectivity index (χ2v) is 8.74. The number of aryl methyl sites for hydroxylation is 1. The molecule has 2 heterocycles. The molecule has 1 unspecified atom stereocenters. The molecule has 3 rings (SSSR count). The van der Waals surface area contributed by atoms with Crippen molar-refractivity contribution in [2.45, 2.75) is 58.3 Å². The van der Waals surface area contributed by atoms with Gasteiger partial charge in [-0.2, -0.15) is 0 Å². The Balaban J connectivity index is 1.89. The topological polar surface area (TPSA) is 68.2 Å². The summed E-state index contributed by atoms with van der Waals surface area (Å²) in [5, 5.41) is 9.89. The van der Waals surface area contributed by atoms with Gasteiger partial charge in [-0.25, -0.2) is 4.79 Å². The zero-order chi connectivity index (χ0) is 20.0. The molecule has 2 aliphatic rings. The van der Waals surface area contributed by atoms with Gasteiger partial charge in [0.15, 0.2) is 0 Å². The van der Waals surface area contributed by atoms with Crippen molar-refractivity contribution in [2.24, 2.45) is 0 Å². The molecule has 0 saturated carbocycles. The van der Waals surface area contributed by atoms with Crippen molar-refractivity contribution in [1.82, 2.24) is 4.90 Å². The number of amides is 1. The first-order chi connectivity index (χ1) is 12.5. The van der Waals surface area contributed by atoms with Gasteiger partial charge in [-0.05, 0) is 63.3 Å². The molecular weight excluding hydrogens is 368 g/mol. The highest BCUT2D eigenvalue weighted by Gasteiger charge is 2.52. The van der Waals surface area contributed by atoms with Gasteiger partial charge in [0, 0.05) is 18.0 Å². The summed E-state index contributed by atoms with van der Waals surface area (Å²) >= 11 is 6.32. The average Bonchev–Trinajstić information content (AvgIpc) is 2.78. The summed E-state index contributed by atoms with van der Waals surface area (Å²) in [5.41, 5.74) is 2.03. The molecule has 1 N–H and O–H groups in total. The molecule has 8 heteroatoms. The molecule has 2 aliphatic heterocycles. The van der Waals surface area contributed by atoms with E-state index < -0.39 is 24.4 Å². The van der Waals surface area contributed by atoms with Crippen LogP contribution in [0, 0.1) is 6.92 Å². The van der Waals surface area contributed by atoms with Crippen LogP contribution in [0.1, 0.15) is 38.8 Å². The number of morpholine rings is 1. The van der Waals surface area contributed by atoms with Gasteiger partial charge in [0.05, 0.1) is 30.5 Å². The molecule has 0 aromatic heterocycles. The first-order valence-corrected chi connectivity index (χ1v) is 9.62. The molecule has 2 saturated heterocycles. The fraction of sp³-hybridized carbons (Fsp3) is 0.632. The largest absolute Gasteiger partial charge is 0.495 e. The van der Waals surface area contributed by atoms with Gasteiger partial charge in [-0.1, -0.05) is 11.6 Å². The van der Waals surface area contributed by atoms with E-state index in [2.05, 4.69) is 0 Å². The Morgan fingerprint density at radius 3 is 2.52 bits per heavy atom. The zero-order valence-electron chi connectivity index (χ0n) is 16.5. The number of ether oxygens (including phenoxy) is 1. The molecule has 0 radical (unpaired) electrons. The Labute approximate surface area is 165 Å². The van der Waals surface area contributed by atoms with Crippen molar-refractivity contribution in [3.8, 4) is 0 Å². The van der Waals surface area contributed by atoms with Crippen molar-refractivity contribution in [1.29, 1.82) is 0 Å². The first-order valence-electron chi connectivity index (χ1n) is 9.24. The molecule has 1 aromatic carbocycles. The third-order valence-electron chi connectivity index (χ3n) is 5.82. The molecule has 148 valence electrons. The van der Waals surface area contributed by atoms with Crippen LogP contribution in [-0.2, 0) is 20.5 Å². The minimum absolute atomic E-state index is 0.212. The van der Waals surface area contributed by atoms with E-state index in [1.165, 1.54) is 4.90 Å². The second kappa shape index (κ2) is 7.28. The molecule has 0 aliphatic carbocycles. The zero-order valence-corrected chi connectivity index (χ0v) is 17.3. The summed E-state index contributed by atoms with van der Waals surface area (Å²) < 4.78 is 18.3. The normalized spacial score (nSPS) is 24.3. The average molecular weight is 396 g/mol. The fourth-order valence-electron chi connectivity index (χ4n) is 3.50. The predicted molar refractivity (Wildman–Crippen MR) is 105 cm³/mol. The van der Waals surface area contributed by atoms with Crippen LogP contribution in [0.4, 0.5) is 4.79 Å². The second-order valence-electron chi connectivity index (χ2n) is 8.30.